The van der Waals surface area contributed by atoms with Crippen LogP contribution >= 0.6 is 15.9 Å². The summed E-state index contributed by atoms with van der Waals surface area (Å²) in [7, 11) is 0. The third-order valence-corrected chi connectivity index (χ3v) is 4.54. The molecule has 1 aliphatic heterocycles. The number of aliphatic imine (C=N–C) groups is 2. The molecule has 1 aliphatic rings. The van der Waals surface area contributed by atoms with Gasteiger partial charge < -0.3 is 4.74 Å². The molecule has 0 amide bonds. The van der Waals surface area contributed by atoms with E-state index in [1.807, 2.05) is 0 Å². The minimum absolute atomic E-state index is 0.0802. The topological polar surface area (TPSA) is 59.7 Å². The Morgan fingerprint density at radius 2 is 2.07 bits per heavy atom. The van der Waals surface area contributed by atoms with E-state index in [0.29, 0.717) is 23.2 Å². The predicted molar refractivity (Wildman–Crippen MR) is 99.7 cm³/mol. The molecule has 3 heterocycles. The minimum Gasteiger partial charge on any atom is -0.437 e. The molecular formula is C18H16BrF3N4O. The van der Waals surface area contributed by atoms with Gasteiger partial charge in [-0.05, 0) is 46.0 Å². The Hall–Kier alpha value is -2.29. The number of hydrogen-bond acceptors (Lipinski definition) is 5. The summed E-state index contributed by atoms with van der Waals surface area (Å²) in [5.74, 6) is -0.202. The smallest absolute Gasteiger partial charge is 0.433 e. The zero-order valence-electron chi connectivity index (χ0n) is 14.3. The lowest BCUT2D eigenvalue weighted by Crippen LogP contribution is -2.17. The first-order chi connectivity index (χ1) is 12.8. The maximum Gasteiger partial charge on any atom is 0.433 e. The molecule has 0 N–H and O–H groups in total. The summed E-state index contributed by atoms with van der Waals surface area (Å²) in [5, 5.41) is 0. The SMILES string of the molecule is CC(CC1CC=NC=N1)c1ccc(Oc2ccc(Br)nc2)nc1C(F)(F)F. The molecule has 5 nitrogen and oxygen atoms in total. The fourth-order valence-electron chi connectivity index (χ4n) is 2.79. The molecule has 0 bridgehead atoms. The highest BCUT2D eigenvalue weighted by atomic mass is 79.9. The molecular weight excluding hydrogens is 425 g/mol. The maximum atomic E-state index is 13.6. The van der Waals surface area contributed by atoms with Gasteiger partial charge in [0.2, 0.25) is 5.88 Å². The molecule has 2 atom stereocenters. The van der Waals surface area contributed by atoms with E-state index in [9.17, 15) is 13.2 Å². The third kappa shape index (κ3) is 5.12. The molecule has 0 saturated heterocycles. The molecule has 3 rings (SSSR count). The zero-order valence-corrected chi connectivity index (χ0v) is 15.9. The summed E-state index contributed by atoms with van der Waals surface area (Å²) < 4.78 is 46.7. The first-order valence-corrected chi connectivity index (χ1v) is 9.03. The summed E-state index contributed by atoms with van der Waals surface area (Å²) in [6.45, 7) is 1.74. The lowest BCUT2D eigenvalue weighted by Gasteiger charge is -2.21. The third-order valence-electron chi connectivity index (χ3n) is 4.08. The van der Waals surface area contributed by atoms with Gasteiger partial charge in [-0.1, -0.05) is 13.0 Å². The first-order valence-electron chi connectivity index (χ1n) is 8.24. The van der Waals surface area contributed by atoms with Crippen molar-refractivity contribution >= 4 is 28.5 Å². The molecule has 0 aromatic carbocycles. The Morgan fingerprint density at radius 1 is 1.26 bits per heavy atom. The lowest BCUT2D eigenvalue weighted by molar-refractivity contribution is -0.142. The molecule has 0 saturated carbocycles. The van der Waals surface area contributed by atoms with E-state index in [2.05, 4.69) is 35.9 Å². The van der Waals surface area contributed by atoms with Gasteiger partial charge in [0, 0.05) is 18.7 Å². The monoisotopic (exact) mass is 440 g/mol. The van der Waals surface area contributed by atoms with Crippen LogP contribution in [0.15, 0.2) is 45.1 Å². The fraction of sp³-hybridized carbons (Fsp3) is 0.333. The van der Waals surface area contributed by atoms with Gasteiger partial charge in [0.1, 0.15) is 16.7 Å². The summed E-state index contributed by atoms with van der Waals surface area (Å²) >= 11 is 3.19. The summed E-state index contributed by atoms with van der Waals surface area (Å²) in [5.41, 5.74) is -0.812. The highest BCUT2D eigenvalue weighted by Crippen LogP contribution is 2.37. The molecule has 0 fully saturated rings. The van der Waals surface area contributed by atoms with Gasteiger partial charge in [0.05, 0.1) is 12.2 Å². The quantitative estimate of drug-likeness (QED) is 0.583. The molecule has 2 aromatic rings. The van der Waals surface area contributed by atoms with Crippen molar-refractivity contribution in [3.05, 3.63) is 46.3 Å². The van der Waals surface area contributed by atoms with Crippen LogP contribution in [0.5, 0.6) is 11.6 Å². The normalized spacial score (nSPS) is 17.7. The Balaban J connectivity index is 1.84. The van der Waals surface area contributed by atoms with Gasteiger partial charge in [-0.25, -0.2) is 15.0 Å². The minimum atomic E-state index is -4.59. The highest BCUT2D eigenvalue weighted by molar-refractivity contribution is 9.10. The van der Waals surface area contributed by atoms with Crippen LogP contribution in [0.25, 0.3) is 0 Å². The number of alkyl halides is 3. The largest absolute Gasteiger partial charge is 0.437 e. The van der Waals surface area contributed by atoms with E-state index in [1.54, 1.807) is 25.3 Å². The zero-order chi connectivity index (χ0) is 19.4. The molecule has 0 aliphatic carbocycles. The predicted octanol–water partition coefficient (Wildman–Crippen LogP) is 5.42. The molecule has 0 radical (unpaired) electrons. The van der Waals surface area contributed by atoms with Crippen LogP contribution < -0.4 is 4.74 Å². The molecule has 2 unspecified atom stereocenters. The van der Waals surface area contributed by atoms with Crippen LogP contribution in [0.2, 0.25) is 0 Å². The number of pyridine rings is 2. The number of ether oxygens (including phenoxy) is 1. The van der Waals surface area contributed by atoms with Gasteiger partial charge in [0.25, 0.3) is 0 Å². The Morgan fingerprint density at radius 3 is 2.70 bits per heavy atom. The van der Waals surface area contributed by atoms with Crippen LogP contribution in [0, 0.1) is 0 Å². The van der Waals surface area contributed by atoms with Crippen molar-refractivity contribution in [2.24, 2.45) is 9.98 Å². The van der Waals surface area contributed by atoms with Crippen LogP contribution in [-0.2, 0) is 6.18 Å². The molecule has 27 heavy (non-hydrogen) atoms. The van der Waals surface area contributed by atoms with Crippen molar-refractivity contribution in [1.29, 1.82) is 0 Å². The summed E-state index contributed by atoms with van der Waals surface area (Å²) in [6.07, 6.45) is 1.07. The van der Waals surface area contributed by atoms with E-state index >= 15 is 0 Å². The second-order valence-corrected chi connectivity index (χ2v) is 6.94. The van der Waals surface area contributed by atoms with Crippen LogP contribution in [0.1, 0.15) is 36.9 Å². The number of rotatable bonds is 5. The highest BCUT2D eigenvalue weighted by Gasteiger charge is 2.37. The van der Waals surface area contributed by atoms with E-state index < -0.39 is 11.9 Å². The summed E-state index contributed by atoms with van der Waals surface area (Å²) in [4.78, 5) is 15.8. The average molecular weight is 441 g/mol. The molecule has 142 valence electrons. The standard InChI is InChI=1S/C18H16BrF3N4O/c1-11(8-12-6-7-23-10-25-12)14-3-5-16(26-17(14)18(20,21)22)27-13-2-4-15(19)24-9-13/h2-5,7,9-12H,6,8H2,1H3. The van der Waals surface area contributed by atoms with E-state index in [1.165, 1.54) is 24.7 Å². The van der Waals surface area contributed by atoms with Crippen LogP contribution in [0.3, 0.4) is 0 Å². The van der Waals surface area contributed by atoms with Crippen LogP contribution in [0.4, 0.5) is 13.2 Å². The van der Waals surface area contributed by atoms with Gasteiger partial charge in [-0.3, -0.25) is 4.99 Å². The Labute approximate surface area is 162 Å². The number of halogens is 4. The molecule has 2 aromatic heterocycles. The van der Waals surface area contributed by atoms with E-state index in [4.69, 9.17) is 4.74 Å². The first kappa shape index (κ1) is 19.5. The second kappa shape index (κ2) is 8.16. The lowest BCUT2D eigenvalue weighted by atomic mass is 9.91. The number of nitrogens with zero attached hydrogens (tertiary/aromatic N) is 4. The summed E-state index contributed by atoms with van der Waals surface area (Å²) in [6, 6.07) is 6.00. The number of hydrogen-bond donors (Lipinski definition) is 0. The molecule has 0 spiro atoms. The molecule has 9 heteroatoms. The fourth-order valence-corrected chi connectivity index (χ4v) is 3.03. The van der Waals surface area contributed by atoms with Crippen molar-refractivity contribution in [2.75, 3.05) is 0 Å². The van der Waals surface area contributed by atoms with Crippen molar-refractivity contribution < 1.29 is 17.9 Å². The van der Waals surface area contributed by atoms with Gasteiger partial charge in [0.15, 0.2) is 5.69 Å². The van der Waals surface area contributed by atoms with E-state index in [0.717, 1.165) is 0 Å². The van der Waals surface area contributed by atoms with Crippen molar-refractivity contribution in [3.63, 3.8) is 0 Å². The number of aromatic nitrogens is 2. The maximum absolute atomic E-state index is 13.6. The van der Waals surface area contributed by atoms with Crippen molar-refractivity contribution in [2.45, 2.75) is 37.9 Å². The van der Waals surface area contributed by atoms with Crippen molar-refractivity contribution in [1.82, 2.24) is 9.97 Å². The second-order valence-electron chi connectivity index (χ2n) is 6.13. The van der Waals surface area contributed by atoms with Crippen LogP contribution in [-0.4, -0.2) is 28.6 Å². The van der Waals surface area contributed by atoms with Gasteiger partial charge >= 0.3 is 6.18 Å². The average Bonchev–Trinajstić information content (AvgIpc) is 2.64. The van der Waals surface area contributed by atoms with Crippen molar-refractivity contribution in [3.8, 4) is 11.6 Å². The Kier molecular flexibility index (Phi) is 5.88. The van der Waals surface area contributed by atoms with E-state index in [-0.39, 0.29) is 23.4 Å². The Bertz CT molecular complexity index is 853. The van der Waals surface area contributed by atoms with Gasteiger partial charge in [-0.15, -0.1) is 0 Å². The van der Waals surface area contributed by atoms with Gasteiger partial charge in [-0.2, -0.15) is 13.2 Å².